The quantitative estimate of drug-likeness (QED) is 0.0222. The van der Waals surface area contributed by atoms with Gasteiger partial charge in [0, 0.05) is 25.7 Å². The fourth-order valence-corrected chi connectivity index (χ4v) is 12.5. The lowest BCUT2D eigenvalue weighted by Gasteiger charge is -2.21. The molecule has 91 heavy (non-hydrogen) atoms. The summed E-state index contributed by atoms with van der Waals surface area (Å²) in [4.78, 5) is 72.5. The zero-order valence-electron chi connectivity index (χ0n) is 59.1. The molecule has 0 saturated heterocycles. The summed E-state index contributed by atoms with van der Waals surface area (Å²) in [6, 6.07) is 0. The minimum atomic E-state index is -4.95. The van der Waals surface area contributed by atoms with E-state index < -0.39 is 97.5 Å². The fourth-order valence-electron chi connectivity index (χ4n) is 10.9. The van der Waals surface area contributed by atoms with Gasteiger partial charge in [-0.05, 0) is 37.5 Å². The number of aliphatic hydroxyl groups excluding tert-OH is 1. The van der Waals surface area contributed by atoms with E-state index in [4.69, 9.17) is 37.0 Å². The molecule has 540 valence electrons. The van der Waals surface area contributed by atoms with Gasteiger partial charge in [0.15, 0.2) is 12.2 Å². The Balaban J connectivity index is 5.19. The Morgan fingerprint density at radius 2 is 0.560 bits per heavy atom. The second kappa shape index (κ2) is 64.1. The molecular weight excluding hydrogens is 1200 g/mol. The highest BCUT2D eigenvalue weighted by molar-refractivity contribution is 7.47. The summed E-state index contributed by atoms with van der Waals surface area (Å²) < 4.78 is 68.2. The molecule has 17 nitrogen and oxygen atoms in total. The number of esters is 4. The van der Waals surface area contributed by atoms with E-state index in [2.05, 4.69) is 41.5 Å². The molecule has 0 bridgehead atoms. The number of unbranched alkanes of at least 4 members (excludes halogenated alkanes) is 40. The van der Waals surface area contributed by atoms with Crippen molar-refractivity contribution < 1.29 is 80.2 Å². The van der Waals surface area contributed by atoms with Gasteiger partial charge in [-0.15, -0.1) is 0 Å². The molecule has 0 radical (unpaired) electrons. The fraction of sp³-hybridized carbons (Fsp3) is 0.944. The standard InChI is InChI=1S/C72H140O17P2/c1-7-10-12-14-16-17-18-19-20-23-26-29-32-36-43-49-55-70(75)83-61-67(88-71(76)56-50-44-37-33-30-27-24-21-22-25-28-31-35-40-46-52-64(4)5)62-86-90(78,79)84-58-66(73)59-85-91(80,81)87-63-68(60-82-69(74)54-48-42-34-15-13-11-8-2)89-72(77)57-51-45-39-38-41-47-53-65(6)9-3/h64-68,73H,7-63H2,1-6H3,(H,78,79)(H,80,81)/t65?,66-,67-,68-/m1/s1. The number of phosphoric ester groups is 2. The summed E-state index contributed by atoms with van der Waals surface area (Å²) >= 11 is 0. The summed E-state index contributed by atoms with van der Waals surface area (Å²) in [5.41, 5.74) is 0. The van der Waals surface area contributed by atoms with E-state index in [1.165, 1.54) is 173 Å². The zero-order valence-corrected chi connectivity index (χ0v) is 60.9. The van der Waals surface area contributed by atoms with Gasteiger partial charge in [0.1, 0.15) is 19.3 Å². The van der Waals surface area contributed by atoms with Crippen LogP contribution in [0.4, 0.5) is 0 Å². The number of hydrogen-bond acceptors (Lipinski definition) is 15. The van der Waals surface area contributed by atoms with Crippen molar-refractivity contribution in [2.75, 3.05) is 39.6 Å². The Morgan fingerprint density at radius 3 is 0.835 bits per heavy atom. The number of carbonyl (C=O) groups excluding carboxylic acids is 4. The molecule has 3 unspecified atom stereocenters. The van der Waals surface area contributed by atoms with Crippen molar-refractivity contribution in [2.24, 2.45) is 11.8 Å². The molecule has 0 fully saturated rings. The van der Waals surface area contributed by atoms with E-state index in [0.717, 1.165) is 115 Å². The Morgan fingerprint density at radius 1 is 0.319 bits per heavy atom. The molecule has 0 heterocycles. The Labute approximate surface area is 556 Å². The number of phosphoric acid groups is 2. The molecule has 0 aliphatic carbocycles. The van der Waals surface area contributed by atoms with Crippen molar-refractivity contribution in [1.82, 2.24) is 0 Å². The number of rotatable bonds is 71. The first kappa shape index (κ1) is 89.1. The first-order valence-corrected chi connectivity index (χ1v) is 40.5. The van der Waals surface area contributed by atoms with Crippen LogP contribution in [0, 0.1) is 11.8 Å². The van der Waals surface area contributed by atoms with E-state index in [1.807, 2.05) is 0 Å². The zero-order chi connectivity index (χ0) is 67.2. The molecule has 0 amide bonds. The van der Waals surface area contributed by atoms with Gasteiger partial charge in [-0.1, -0.05) is 318 Å². The van der Waals surface area contributed by atoms with Gasteiger partial charge in [-0.3, -0.25) is 37.3 Å². The first-order valence-electron chi connectivity index (χ1n) is 37.5. The summed E-state index contributed by atoms with van der Waals surface area (Å²) in [5.74, 6) is -0.605. The van der Waals surface area contributed by atoms with Crippen LogP contribution in [0.2, 0.25) is 0 Å². The topological polar surface area (TPSA) is 237 Å². The maximum Gasteiger partial charge on any atom is 0.472 e. The molecular formula is C72H140O17P2. The monoisotopic (exact) mass is 1340 g/mol. The lowest BCUT2D eigenvalue weighted by molar-refractivity contribution is -0.161. The third kappa shape index (κ3) is 65.1. The minimum Gasteiger partial charge on any atom is -0.462 e. The van der Waals surface area contributed by atoms with Gasteiger partial charge in [0.2, 0.25) is 0 Å². The van der Waals surface area contributed by atoms with Crippen LogP contribution in [-0.4, -0.2) is 96.7 Å². The molecule has 0 saturated carbocycles. The maximum absolute atomic E-state index is 13.0. The van der Waals surface area contributed by atoms with Crippen LogP contribution in [-0.2, 0) is 65.4 Å². The molecule has 0 aliphatic rings. The normalized spacial score (nSPS) is 14.4. The van der Waals surface area contributed by atoms with E-state index in [9.17, 15) is 43.2 Å². The lowest BCUT2D eigenvalue weighted by Crippen LogP contribution is -2.30. The molecule has 0 rings (SSSR count). The van der Waals surface area contributed by atoms with Gasteiger partial charge in [0.05, 0.1) is 26.4 Å². The van der Waals surface area contributed by atoms with Crippen molar-refractivity contribution in [3.8, 4) is 0 Å². The number of hydrogen-bond donors (Lipinski definition) is 3. The van der Waals surface area contributed by atoms with Crippen molar-refractivity contribution >= 4 is 39.5 Å². The van der Waals surface area contributed by atoms with Gasteiger partial charge >= 0.3 is 39.5 Å². The van der Waals surface area contributed by atoms with Crippen LogP contribution in [0.25, 0.3) is 0 Å². The molecule has 0 aromatic rings. The van der Waals surface area contributed by atoms with Crippen molar-refractivity contribution in [1.29, 1.82) is 0 Å². The van der Waals surface area contributed by atoms with Crippen LogP contribution in [0.5, 0.6) is 0 Å². The van der Waals surface area contributed by atoms with Crippen LogP contribution in [0.15, 0.2) is 0 Å². The third-order valence-electron chi connectivity index (χ3n) is 17.1. The summed E-state index contributed by atoms with van der Waals surface area (Å²) in [7, 11) is -9.90. The van der Waals surface area contributed by atoms with Crippen molar-refractivity contribution in [3.63, 3.8) is 0 Å². The summed E-state index contributed by atoms with van der Waals surface area (Å²) in [6.07, 6.45) is 50.2. The van der Waals surface area contributed by atoms with Crippen LogP contribution < -0.4 is 0 Å². The number of carbonyl (C=O) groups is 4. The van der Waals surface area contributed by atoms with Crippen LogP contribution in [0.3, 0.4) is 0 Å². The first-order chi connectivity index (χ1) is 43.9. The molecule has 0 aromatic carbocycles. The summed E-state index contributed by atoms with van der Waals surface area (Å²) in [5, 5.41) is 10.6. The third-order valence-corrected chi connectivity index (χ3v) is 19.0. The van der Waals surface area contributed by atoms with Crippen molar-refractivity contribution in [3.05, 3.63) is 0 Å². The highest BCUT2D eigenvalue weighted by atomic mass is 31.2. The average molecular weight is 1340 g/mol. The highest BCUT2D eigenvalue weighted by Crippen LogP contribution is 2.45. The van der Waals surface area contributed by atoms with Gasteiger partial charge in [-0.2, -0.15) is 0 Å². The molecule has 19 heteroatoms. The molecule has 3 N–H and O–H groups in total. The van der Waals surface area contributed by atoms with E-state index in [-0.39, 0.29) is 25.7 Å². The minimum absolute atomic E-state index is 0.103. The second-order valence-corrected chi connectivity index (χ2v) is 29.6. The largest absolute Gasteiger partial charge is 0.472 e. The number of aliphatic hydroxyl groups is 1. The number of ether oxygens (including phenoxy) is 4. The predicted molar refractivity (Wildman–Crippen MR) is 368 cm³/mol. The Kier molecular flexibility index (Phi) is 62.7. The second-order valence-electron chi connectivity index (χ2n) is 26.7. The Hall–Kier alpha value is -1.94. The van der Waals surface area contributed by atoms with E-state index >= 15 is 0 Å². The maximum atomic E-state index is 13.0. The highest BCUT2D eigenvalue weighted by Gasteiger charge is 2.30. The molecule has 0 spiro atoms. The smallest absolute Gasteiger partial charge is 0.462 e. The van der Waals surface area contributed by atoms with Gasteiger partial charge in [-0.25, -0.2) is 9.13 Å². The predicted octanol–water partition coefficient (Wildman–Crippen LogP) is 20.8. The Bertz CT molecular complexity index is 1770. The summed E-state index contributed by atoms with van der Waals surface area (Å²) in [6.45, 7) is 9.50. The lowest BCUT2D eigenvalue weighted by atomic mass is 10.00. The van der Waals surface area contributed by atoms with Crippen LogP contribution in [0.1, 0.15) is 369 Å². The molecule has 6 atom stereocenters. The van der Waals surface area contributed by atoms with Gasteiger partial charge < -0.3 is 33.8 Å². The average Bonchev–Trinajstić information content (AvgIpc) is 3.57. The molecule has 0 aliphatic heterocycles. The molecule has 0 aromatic heterocycles. The SMILES string of the molecule is CCCCCCCCCCCCCCCCCCC(=O)OC[C@H](COP(=O)(O)OC[C@@H](O)COP(=O)(O)OC[C@@H](COC(=O)CCCCCCCCC)OC(=O)CCCCCCCCC(C)CC)OC(=O)CCCCCCCCCCCCCCCCCC(C)C. The van der Waals surface area contributed by atoms with Crippen molar-refractivity contribution in [2.45, 2.75) is 387 Å². The van der Waals surface area contributed by atoms with E-state index in [0.29, 0.717) is 25.7 Å². The van der Waals surface area contributed by atoms with E-state index in [1.54, 1.807) is 0 Å². The van der Waals surface area contributed by atoms with Crippen LogP contribution >= 0.6 is 15.6 Å². The van der Waals surface area contributed by atoms with Gasteiger partial charge in [0.25, 0.3) is 0 Å².